The molecule has 0 aliphatic carbocycles. The number of imide groups is 1. The number of carbonyl (C=O) groups is 2. The molecule has 7 nitrogen and oxygen atoms in total. The first-order valence-corrected chi connectivity index (χ1v) is 7.96. The first-order valence-electron chi connectivity index (χ1n) is 7.96. The summed E-state index contributed by atoms with van der Waals surface area (Å²) in [7, 11) is 1.49. The van der Waals surface area contributed by atoms with Crippen molar-refractivity contribution in [3.63, 3.8) is 0 Å². The van der Waals surface area contributed by atoms with E-state index in [0.29, 0.717) is 13.2 Å². The molecule has 1 aliphatic rings. The quantitative estimate of drug-likeness (QED) is 0.667. The average Bonchev–Trinajstić information content (AvgIpc) is 2.56. The molecule has 7 heteroatoms. The summed E-state index contributed by atoms with van der Waals surface area (Å²) in [5.41, 5.74) is 1.10. The lowest BCUT2D eigenvalue weighted by molar-refractivity contribution is -0.892. The zero-order valence-corrected chi connectivity index (χ0v) is 13.7. The maximum absolute atomic E-state index is 11.7. The van der Waals surface area contributed by atoms with Gasteiger partial charge < -0.3 is 19.9 Å². The summed E-state index contributed by atoms with van der Waals surface area (Å²) in [6.45, 7) is 6.34. The highest BCUT2D eigenvalue weighted by Crippen LogP contribution is 2.27. The van der Waals surface area contributed by atoms with E-state index in [-0.39, 0.29) is 5.91 Å². The Morgan fingerprint density at radius 3 is 2.61 bits per heavy atom. The van der Waals surface area contributed by atoms with Crippen LogP contribution in [-0.4, -0.2) is 58.3 Å². The van der Waals surface area contributed by atoms with Crippen LogP contribution in [0, 0.1) is 0 Å². The van der Waals surface area contributed by atoms with Crippen LogP contribution in [-0.2, 0) is 4.79 Å². The number of carbonyl (C=O) groups excluding carboxylic acids is 2. The number of hydrogen-bond donors (Lipinski definition) is 3. The Labute approximate surface area is 136 Å². The Hall–Kier alpha value is -2.28. The number of urea groups is 1. The second-order valence-corrected chi connectivity index (χ2v) is 5.44. The summed E-state index contributed by atoms with van der Waals surface area (Å²) in [4.78, 5) is 26.3. The van der Waals surface area contributed by atoms with Crippen molar-refractivity contribution in [1.29, 1.82) is 0 Å². The van der Waals surface area contributed by atoms with Crippen molar-refractivity contribution in [3.8, 4) is 5.75 Å². The highest BCUT2D eigenvalue weighted by atomic mass is 16.5. The van der Waals surface area contributed by atoms with Crippen molar-refractivity contribution < 1.29 is 19.2 Å². The molecular formula is C16H25N4O3+. The van der Waals surface area contributed by atoms with Gasteiger partial charge in [0.05, 0.1) is 38.5 Å². The molecule has 0 unspecified atom stereocenters. The maximum atomic E-state index is 11.7. The van der Waals surface area contributed by atoms with Gasteiger partial charge in [-0.1, -0.05) is 12.1 Å². The minimum absolute atomic E-state index is 0.248. The molecule has 23 heavy (non-hydrogen) atoms. The maximum Gasteiger partial charge on any atom is 0.321 e. The van der Waals surface area contributed by atoms with E-state index in [1.807, 2.05) is 25.1 Å². The van der Waals surface area contributed by atoms with Crippen molar-refractivity contribution in [1.82, 2.24) is 10.6 Å². The van der Waals surface area contributed by atoms with Crippen LogP contribution in [0.15, 0.2) is 24.3 Å². The fourth-order valence-electron chi connectivity index (χ4n) is 2.70. The van der Waals surface area contributed by atoms with Crippen LogP contribution in [0.5, 0.6) is 5.75 Å². The molecule has 1 saturated heterocycles. The second-order valence-electron chi connectivity index (χ2n) is 5.44. The van der Waals surface area contributed by atoms with Crippen molar-refractivity contribution in [2.45, 2.75) is 6.92 Å². The Morgan fingerprint density at radius 1 is 1.26 bits per heavy atom. The number of benzene rings is 1. The van der Waals surface area contributed by atoms with Crippen LogP contribution >= 0.6 is 0 Å². The van der Waals surface area contributed by atoms with Crippen molar-refractivity contribution in [2.24, 2.45) is 0 Å². The van der Waals surface area contributed by atoms with Crippen LogP contribution in [0.4, 0.5) is 10.5 Å². The van der Waals surface area contributed by atoms with Crippen molar-refractivity contribution >= 4 is 17.6 Å². The van der Waals surface area contributed by atoms with Gasteiger partial charge in [0.1, 0.15) is 5.75 Å². The van der Waals surface area contributed by atoms with E-state index < -0.39 is 6.03 Å². The van der Waals surface area contributed by atoms with E-state index in [1.165, 1.54) is 11.9 Å². The summed E-state index contributed by atoms with van der Waals surface area (Å²) >= 11 is 0. The smallest absolute Gasteiger partial charge is 0.321 e. The monoisotopic (exact) mass is 321 g/mol. The molecule has 1 aromatic rings. The SMILES string of the molecule is CCOc1ccccc1N1CC[NH+](CC(=O)NC(=O)NC)CC1. The van der Waals surface area contributed by atoms with Gasteiger partial charge in [0.25, 0.3) is 5.91 Å². The number of hydrogen-bond acceptors (Lipinski definition) is 4. The van der Waals surface area contributed by atoms with Gasteiger partial charge in [-0.05, 0) is 19.1 Å². The lowest BCUT2D eigenvalue weighted by atomic mass is 10.2. The topological polar surface area (TPSA) is 75.1 Å². The molecule has 3 amide bonds. The summed E-state index contributed by atoms with van der Waals surface area (Å²) < 4.78 is 5.68. The van der Waals surface area contributed by atoms with E-state index in [4.69, 9.17) is 4.74 Å². The number of para-hydroxylation sites is 2. The second kappa shape index (κ2) is 8.38. The van der Waals surface area contributed by atoms with Crippen LogP contribution < -0.4 is 25.2 Å². The third-order valence-electron chi connectivity index (χ3n) is 3.87. The van der Waals surface area contributed by atoms with Gasteiger partial charge in [-0.2, -0.15) is 0 Å². The molecule has 0 aromatic heterocycles. The standard InChI is InChI=1S/C16H24N4O3/c1-3-23-14-7-5-4-6-13(14)20-10-8-19(9-11-20)12-15(21)18-16(22)17-2/h4-7H,3,8-12H2,1-2H3,(H2,17,18,21,22)/p+1. The van der Waals surface area contributed by atoms with Crippen molar-refractivity contribution in [3.05, 3.63) is 24.3 Å². The van der Waals surface area contributed by atoms with Crippen molar-refractivity contribution in [2.75, 3.05) is 51.3 Å². The summed E-state index contributed by atoms with van der Waals surface area (Å²) in [5, 5.41) is 4.68. The minimum Gasteiger partial charge on any atom is -0.492 e. The molecule has 1 aromatic carbocycles. The van der Waals surface area contributed by atoms with Crippen LogP contribution in [0.2, 0.25) is 0 Å². The summed E-state index contributed by atoms with van der Waals surface area (Å²) in [6, 6.07) is 7.56. The largest absolute Gasteiger partial charge is 0.492 e. The highest BCUT2D eigenvalue weighted by molar-refractivity contribution is 5.94. The fourth-order valence-corrected chi connectivity index (χ4v) is 2.70. The molecule has 0 bridgehead atoms. The number of piperazine rings is 1. The zero-order chi connectivity index (χ0) is 16.7. The molecule has 1 fully saturated rings. The molecule has 0 atom stereocenters. The first-order chi connectivity index (χ1) is 11.1. The predicted molar refractivity (Wildman–Crippen MR) is 88.0 cm³/mol. The third kappa shape index (κ3) is 4.85. The number of rotatable bonds is 5. The first kappa shape index (κ1) is 17.1. The van der Waals surface area contributed by atoms with Gasteiger partial charge in [-0.25, -0.2) is 4.79 Å². The Morgan fingerprint density at radius 2 is 1.96 bits per heavy atom. The van der Waals surface area contributed by atoms with E-state index in [1.54, 1.807) is 0 Å². The number of nitrogens with zero attached hydrogens (tertiary/aromatic N) is 1. The van der Waals surface area contributed by atoms with E-state index in [2.05, 4.69) is 21.6 Å². The van der Waals surface area contributed by atoms with Crippen LogP contribution in [0.3, 0.4) is 0 Å². The molecular weight excluding hydrogens is 296 g/mol. The molecule has 0 saturated carbocycles. The summed E-state index contributed by atoms with van der Waals surface area (Å²) in [6.07, 6.45) is 0. The van der Waals surface area contributed by atoms with Gasteiger partial charge in [0, 0.05) is 7.05 Å². The molecule has 2 rings (SSSR count). The van der Waals surface area contributed by atoms with Gasteiger partial charge in [0.2, 0.25) is 0 Å². The number of anilines is 1. The van der Waals surface area contributed by atoms with Gasteiger partial charge >= 0.3 is 6.03 Å². The fraction of sp³-hybridized carbons (Fsp3) is 0.500. The molecule has 3 N–H and O–H groups in total. The van der Waals surface area contributed by atoms with E-state index >= 15 is 0 Å². The molecule has 126 valence electrons. The van der Waals surface area contributed by atoms with Gasteiger partial charge in [-0.15, -0.1) is 0 Å². The molecule has 0 radical (unpaired) electrons. The molecule has 0 spiro atoms. The van der Waals surface area contributed by atoms with E-state index in [0.717, 1.165) is 37.6 Å². The predicted octanol–water partition coefficient (Wildman–Crippen LogP) is -0.754. The third-order valence-corrected chi connectivity index (χ3v) is 3.87. The normalized spacial score (nSPS) is 15.1. The number of nitrogens with one attached hydrogen (secondary N) is 3. The number of quaternary nitrogens is 1. The Balaban J connectivity index is 1.86. The lowest BCUT2D eigenvalue weighted by Gasteiger charge is -2.34. The van der Waals surface area contributed by atoms with Crippen LogP contribution in [0.25, 0.3) is 0 Å². The minimum atomic E-state index is -0.460. The van der Waals surface area contributed by atoms with Crippen LogP contribution in [0.1, 0.15) is 6.92 Å². The van der Waals surface area contributed by atoms with Gasteiger partial charge in [0.15, 0.2) is 6.54 Å². The molecule has 1 heterocycles. The van der Waals surface area contributed by atoms with E-state index in [9.17, 15) is 9.59 Å². The Kier molecular flexibility index (Phi) is 6.22. The zero-order valence-electron chi connectivity index (χ0n) is 13.7. The summed E-state index contributed by atoms with van der Waals surface area (Å²) in [5.74, 6) is 0.651. The van der Waals surface area contributed by atoms with Gasteiger partial charge in [-0.3, -0.25) is 10.1 Å². The number of ether oxygens (including phenoxy) is 1. The Bertz CT molecular complexity index is 542. The lowest BCUT2D eigenvalue weighted by Crippen LogP contribution is -3.16. The number of amides is 3. The average molecular weight is 321 g/mol. The highest BCUT2D eigenvalue weighted by Gasteiger charge is 2.24. The molecule has 1 aliphatic heterocycles.